The fraction of sp³-hybridized carbons (Fsp3) is 0.400. The van der Waals surface area contributed by atoms with E-state index in [-0.39, 0.29) is 0 Å². The molecule has 1 saturated heterocycles. The topological polar surface area (TPSA) is 31.9 Å². The predicted octanol–water partition coefficient (Wildman–Crippen LogP) is 3.79. The lowest BCUT2D eigenvalue weighted by Gasteiger charge is -2.40. The van der Waals surface area contributed by atoms with Crippen molar-refractivity contribution in [2.45, 2.75) is 24.9 Å². The molecule has 3 aliphatic rings. The third-order valence-electron chi connectivity index (χ3n) is 4.47. The first-order chi connectivity index (χ1) is 10.0. The minimum Gasteiger partial charge on any atom is -0.368 e. The van der Waals surface area contributed by atoms with Gasteiger partial charge in [-0.15, -0.1) is 0 Å². The number of fused-ring (bicyclic) bond motifs is 2. The summed E-state index contributed by atoms with van der Waals surface area (Å²) < 4.78 is 37.9. The van der Waals surface area contributed by atoms with Crippen molar-refractivity contribution in [1.29, 1.82) is 0 Å². The number of nitrogens with zero attached hydrogens (tertiary/aromatic N) is 2. The van der Waals surface area contributed by atoms with Gasteiger partial charge >= 0.3 is 6.18 Å². The van der Waals surface area contributed by atoms with Crippen molar-refractivity contribution >= 4 is 5.69 Å². The molecule has 0 unspecified atom stereocenters. The number of hydrogen-bond acceptors (Lipinski definition) is 2. The van der Waals surface area contributed by atoms with Crippen LogP contribution in [0.15, 0.2) is 24.3 Å². The number of hydrogen-bond donors (Lipinski definition) is 1. The van der Waals surface area contributed by atoms with E-state index in [4.69, 9.17) is 0 Å². The molecule has 3 nitrogen and oxygen atoms in total. The quantitative estimate of drug-likeness (QED) is 0.867. The summed E-state index contributed by atoms with van der Waals surface area (Å²) in [7, 11) is 0. The summed E-state index contributed by atoms with van der Waals surface area (Å²) in [6.07, 6.45) is -2.05. The molecule has 1 fully saturated rings. The number of halogens is 3. The third-order valence-corrected chi connectivity index (χ3v) is 4.47. The minimum absolute atomic E-state index is 0.515. The number of benzene rings is 1. The first-order valence-electron chi connectivity index (χ1n) is 7.05. The summed E-state index contributed by atoms with van der Waals surface area (Å²) >= 11 is 0. The van der Waals surface area contributed by atoms with Gasteiger partial charge in [0.05, 0.1) is 16.9 Å². The molecule has 1 aromatic heterocycles. The van der Waals surface area contributed by atoms with Crippen LogP contribution in [0.25, 0.3) is 11.3 Å². The van der Waals surface area contributed by atoms with Crippen LogP contribution in [0.3, 0.4) is 0 Å². The molecule has 4 heterocycles. The van der Waals surface area contributed by atoms with Gasteiger partial charge in [-0.3, -0.25) is 5.10 Å². The lowest BCUT2D eigenvalue weighted by molar-refractivity contribution is -0.137. The summed E-state index contributed by atoms with van der Waals surface area (Å²) in [6.45, 7) is 2.01. The van der Waals surface area contributed by atoms with Gasteiger partial charge in [0, 0.05) is 24.6 Å². The van der Waals surface area contributed by atoms with Gasteiger partial charge in [0.15, 0.2) is 0 Å². The molecule has 21 heavy (non-hydrogen) atoms. The van der Waals surface area contributed by atoms with E-state index in [9.17, 15) is 13.2 Å². The van der Waals surface area contributed by atoms with Crippen molar-refractivity contribution in [2.75, 3.05) is 18.0 Å². The van der Waals surface area contributed by atoms with Crippen molar-refractivity contribution in [2.24, 2.45) is 0 Å². The SMILES string of the molecule is FC(F)(F)c1ccc(-c2n[nH]c3c2N2CCC3CC2)cc1. The Morgan fingerprint density at radius 3 is 2.38 bits per heavy atom. The molecular formula is C15H14F3N3. The summed E-state index contributed by atoms with van der Waals surface area (Å²) in [5.74, 6) is 0.515. The number of aromatic nitrogens is 2. The summed E-state index contributed by atoms with van der Waals surface area (Å²) in [4.78, 5) is 2.28. The Balaban J connectivity index is 1.75. The van der Waals surface area contributed by atoms with E-state index in [1.54, 1.807) is 0 Å². The lowest BCUT2D eigenvalue weighted by Crippen LogP contribution is -2.38. The second kappa shape index (κ2) is 4.26. The van der Waals surface area contributed by atoms with Crippen LogP contribution in [0.4, 0.5) is 18.9 Å². The minimum atomic E-state index is -4.30. The fourth-order valence-corrected chi connectivity index (χ4v) is 3.36. The zero-order valence-electron chi connectivity index (χ0n) is 11.2. The molecule has 1 aromatic carbocycles. The lowest BCUT2D eigenvalue weighted by atomic mass is 9.86. The Hall–Kier alpha value is -1.98. The number of rotatable bonds is 1. The standard InChI is InChI=1S/C15H14F3N3/c16-15(17,18)11-3-1-9(2-4-11)12-14-13(20-19-12)10-5-7-21(14)8-6-10/h1-4,10H,5-8H2,(H,19,20). The highest BCUT2D eigenvalue weighted by Crippen LogP contribution is 2.45. The van der Waals surface area contributed by atoms with E-state index >= 15 is 0 Å². The summed E-state index contributed by atoms with van der Waals surface area (Å²) in [5.41, 5.74) is 3.09. The van der Waals surface area contributed by atoms with Crippen molar-refractivity contribution in [3.63, 3.8) is 0 Å². The first kappa shape index (κ1) is 12.7. The zero-order valence-corrected chi connectivity index (χ0v) is 11.2. The number of aromatic amines is 1. The van der Waals surface area contributed by atoms with Crippen LogP contribution in [0.5, 0.6) is 0 Å². The average molecular weight is 293 g/mol. The monoisotopic (exact) mass is 293 g/mol. The van der Waals surface area contributed by atoms with Crippen molar-refractivity contribution in [3.8, 4) is 11.3 Å². The number of anilines is 1. The van der Waals surface area contributed by atoms with Gasteiger partial charge in [0.1, 0.15) is 5.69 Å². The van der Waals surface area contributed by atoms with Crippen molar-refractivity contribution in [3.05, 3.63) is 35.5 Å². The Morgan fingerprint density at radius 1 is 1.10 bits per heavy atom. The molecule has 0 radical (unpaired) electrons. The van der Waals surface area contributed by atoms with Gasteiger partial charge in [0.25, 0.3) is 0 Å². The van der Waals surface area contributed by atoms with E-state index in [0.717, 1.165) is 60.7 Å². The molecule has 2 bridgehead atoms. The van der Waals surface area contributed by atoms with Gasteiger partial charge in [-0.25, -0.2) is 0 Å². The third kappa shape index (κ3) is 1.92. The van der Waals surface area contributed by atoms with Gasteiger partial charge in [-0.2, -0.15) is 18.3 Å². The van der Waals surface area contributed by atoms with E-state index in [1.165, 1.54) is 12.1 Å². The van der Waals surface area contributed by atoms with Crippen molar-refractivity contribution in [1.82, 2.24) is 10.2 Å². The molecule has 6 heteroatoms. The van der Waals surface area contributed by atoms with Gasteiger partial charge in [0.2, 0.25) is 0 Å². The summed E-state index contributed by atoms with van der Waals surface area (Å²) in [6, 6.07) is 5.24. The molecule has 0 spiro atoms. The van der Waals surface area contributed by atoms with E-state index in [2.05, 4.69) is 15.1 Å². The second-order valence-electron chi connectivity index (χ2n) is 5.67. The predicted molar refractivity (Wildman–Crippen MR) is 73.2 cm³/mol. The Kier molecular flexibility index (Phi) is 2.58. The molecular weight excluding hydrogens is 279 g/mol. The zero-order chi connectivity index (χ0) is 14.6. The fourth-order valence-electron chi connectivity index (χ4n) is 3.36. The van der Waals surface area contributed by atoms with Crippen LogP contribution in [-0.4, -0.2) is 23.3 Å². The second-order valence-corrected chi connectivity index (χ2v) is 5.67. The maximum atomic E-state index is 12.6. The molecule has 1 N–H and O–H groups in total. The van der Waals surface area contributed by atoms with E-state index < -0.39 is 11.7 Å². The van der Waals surface area contributed by atoms with Crippen LogP contribution in [-0.2, 0) is 6.18 Å². The van der Waals surface area contributed by atoms with Crippen molar-refractivity contribution < 1.29 is 13.2 Å². The molecule has 0 saturated carbocycles. The van der Waals surface area contributed by atoms with Gasteiger partial charge < -0.3 is 4.90 Å². The van der Waals surface area contributed by atoms with Crippen LogP contribution >= 0.6 is 0 Å². The van der Waals surface area contributed by atoms with Gasteiger partial charge in [-0.05, 0) is 25.0 Å². The molecule has 2 aromatic rings. The first-order valence-corrected chi connectivity index (χ1v) is 7.05. The van der Waals surface area contributed by atoms with Crippen LogP contribution in [0.1, 0.15) is 30.0 Å². The Bertz CT molecular complexity index is 664. The Morgan fingerprint density at radius 2 is 1.76 bits per heavy atom. The summed E-state index contributed by atoms with van der Waals surface area (Å²) in [5, 5.41) is 7.44. The highest BCUT2D eigenvalue weighted by atomic mass is 19.4. The highest BCUT2D eigenvalue weighted by molar-refractivity contribution is 5.79. The van der Waals surface area contributed by atoms with Crippen LogP contribution < -0.4 is 4.90 Å². The largest absolute Gasteiger partial charge is 0.416 e. The molecule has 3 aliphatic heterocycles. The average Bonchev–Trinajstić information content (AvgIpc) is 2.95. The normalized spacial score (nSPS) is 18.1. The highest BCUT2D eigenvalue weighted by Gasteiger charge is 2.35. The van der Waals surface area contributed by atoms with Gasteiger partial charge in [-0.1, -0.05) is 12.1 Å². The number of piperidine rings is 1. The smallest absolute Gasteiger partial charge is 0.368 e. The Labute approximate surface area is 119 Å². The van der Waals surface area contributed by atoms with E-state index in [1.807, 2.05) is 0 Å². The number of H-pyrrole nitrogens is 1. The number of alkyl halides is 3. The maximum Gasteiger partial charge on any atom is 0.416 e. The molecule has 0 aliphatic carbocycles. The number of nitrogens with one attached hydrogen (secondary N) is 1. The molecule has 0 atom stereocenters. The van der Waals surface area contributed by atoms with Crippen LogP contribution in [0, 0.1) is 0 Å². The maximum absolute atomic E-state index is 12.6. The molecule has 0 amide bonds. The molecule has 110 valence electrons. The molecule has 5 rings (SSSR count). The van der Waals surface area contributed by atoms with E-state index in [0.29, 0.717) is 5.92 Å². The van der Waals surface area contributed by atoms with Crippen LogP contribution in [0.2, 0.25) is 0 Å².